The number of ketones is 1. The van der Waals surface area contributed by atoms with Crippen molar-refractivity contribution in [2.24, 2.45) is 0 Å². The smallest absolute Gasteiger partial charge is 0.300 e. The van der Waals surface area contributed by atoms with E-state index in [9.17, 15) is 19.5 Å². The summed E-state index contributed by atoms with van der Waals surface area (Å²) in [4.78, 5) is 43.3. The fourth-order valence-corrected chi connectivity index (χ4v) is 3.74. The molecule has 1 aromatic heterocycles. The second-order valence-corrected chi connectivity index (χ2v) is 7.60. The molecule has 32 heavy (non-hydrogen) atoms. The molecular weight excluding hydrogens is 430 g/mol. The normalized spacial score (nSPS) is 17.4. The predicted octanol–water partition coefficient (Wildman–Crippen LogP) is 4.32. The molecule has 4 rings (SSSR count). The third kappa shape index (κ3) is 3.98. The molecule has 160 valence electrons. The molecule has 3 aromatic rings. The Hall–Kier alpha value is -3.97. The number of carbonyl (C=O) groups is 3. The van der Waals surface area contributed by atoms with E-state index in [1.54, 1.807) is 72.9 Å². The number of rotatable bonds is 4. The van der Waals surface area contributed by atoms with Gasteiger partial charge in [-0.1, -0.05) is 23.7 Å². The number of aliphatic hydroxyl groups is 1. The van der Waals surface area contributed by atoms with Crippen LogP contribution in [0.25, 0.3) is 5.76 Å². The highest BCUT2D eigenvalue weighted by Crippen LogP contribution is 2.42. The SMILES string of the molecule is CC(=O)Nc1cccc(N2C(=O)C(=O)/C(=C(/O)c3ccc(Cl)cc3)C2c2ccccn2)c1. The van der Waals surface area contributed by atoms with Crippen LogP contribution >= 0.6 is 11.6 Å². The minimum Gasteiger partial charge on any atom is -0.507 e. The summed E-state index contributed by atoms with van der Waals surface area (Å²) in [6.07, 6.45) is 1.55. The number of aliphatic hydroxyl groups excluding tert-OH is 1. The number of aromatic nitrogens is 1. The third-order valence-corrected chi connectivity index (χ3v) is 5.23. The highest BCUT2D eigenvalue weighted by atomic mass is 35.5. The second kappa shape index (κ2) is 8.64. The number of nitrogens with one attached hydrogen (secondary N) is 1. The summed E-state index contributed by atoms with van der Waals surface area (Å²) >= 11 is 5.94. The number of benzene rings is 2. The maximum Gasteiger partial charge on any atom is 0.300 e. The molecule has 0 saturated carbocycles. The van der Waals surface area contributed by atoms with Gasteiger partial charge in [-0.2, -0.15) is 0 Å². The van der Waals surface area contributed by atoms with Crippen molar-refractivity contribution in [3.8, 4) is 0 Å². The largest absolute Gasteiger partial charge is 0.507 e. The summed E-state index contributed by atoms with van der Waals surface area (Å²) in [7, 11) is 0. The molecule has 0 bridgehead atoms. The van der Waals surface area contributed by atoms with Gasteiger partial charge in [-0.15, -0.1) is 0 Å². The molecule has 0 radical (unpaired) electrons. The van der Waals surface area contributed by atoms with Crippen LogP contribution in [0.5, 0.6) is 0 Å². The Morgan fingerprint density at radius 1 is 1.06 bits per heavy atom. The Bertz CT molecular complexity index is 1240. The highest BCUT2D eigenvalue weighted by molar-refractivity contribution is 6.51. The molecule has 1 fully saturated rings. The van der Waals surface area contributed by atoms with Crippen LogP contribution in [0, 0.1) is 0 Å². The number of hydrogen-bond acceptors (Lipinski definition) is 5. The van der Waals surface area contributed by atoms with E-state index in [0.29, 0.717) is 27.7 Å². The van der Waals surface area contributed by atoms with Crippen LogP contribution in [-0.2, 0) is 14.4 Å². The summed E-state index contributed by atoms with van der Waals surface area (Å²) in [6, 6.07) is 17.0. The first kappa shape index (κ1) is 21.3. The summed E-state index contributed by atoms with van der Waals surface area (Å²) < 4.78 is 0. The molecule has 1 unspecified atom stereocenters. The van der Waals surface area contributed by atoms with Gasteiger partial charge < -0.3 is 10.4 Å². The van der Waals surface area contributed by atoms with Gasteiger partial charge in [0.05, 0.1) is 11.3 Å². The number of hydrogen-bond donors (Lipinski definition) is 2. The van der Waals surface area contributed by atoms with Crippen LogP contribution in [0.2, 0.25) is 5.02 Å². The predicted molar refractivity (Wildman–Crippen MR) is 121 cm³/mol. The zero-order valence-electron chi connectivity index (χ0n) is 16.9. The van der Waals surface area contributed by atoms with Crippen molar-refractivity contribution in [2.75, 3.05) is 10.2 Å². The van der Waals surface area contributed by atoms with Gasteiger partial charge in [0.2, 0.25) is 5.91 Å². The van der Waals surface area contributed by atoms with E-state index < -0.39 is 17.7 Å². The molecule has 1 atom stereocenters. The summed E-state index contributed by atoms with van der Waals surface area (Å²) in [5, 5.41) is 14.2. The van der Waals surface area contributed by atoms with Crippen molar-refractivity contribution in [3.05, 3.63) is 94.8 Å². The topological polar surface area (TPSA) is 99.6 Å². The molecule has 0 spiro atoms. The number of amides is 2. The maximum absolute atomic E-state index is 13.1. The zero-order chi connectivity index (χ0) is 22.8. The quantitative estimate of drug-likeness (QED) is 0.352. The number of Topliss-reactive ketones (excluding diaryl/α,β-unsaturated/α-hetero) is 1. The lowest BCUT2D eigenvalue weighted by atomic mass is 9.98. The lowest BCUT2D eigenvalue weighted by Gasteiger charge is -2.25. The molecule has 1 aliphatic heterocycles. The van der Waals surface area contributed by atoms with Crippen molar-refractivity contribution in [1.29, 1.82) is 0 Å². The fraction of sp³-hybridized carbons (Fsp3) is 0.0833. The Balaban J connectivity index is 1.90. The van der Waals surface area contributed by atoms with Crippen LogP contribution in [0.4, 0.5) is 11.4 Å². The van der Waals surface area contributed by atoms with Crippen molar-refractivity contribution in [3.63, 3.8) is 0 Å². The average molecular weight is 448 g/mol. The van der Waals surface area contributed by atoms with Gasteiger partial charge in [0.1, 0.15) is 11.8 Å². The van der Waals surface area contributed by atoms with E-state index in [-0.39, 0.29) is 17.2 Å². The molecule has 8 heteroatoms. The van der Waals surface area contributed by atoms with Gasteiger partial charge >= 0.3 is 0 Å². The van der Waals surface area contributed by atoms with E-state index in [1.807, 2.05) is 0 Å². The number of carbonyl (C=O) groups excluding carboxylic acids is 3. The molecule has 2 N–H and O–H groups in total. The molecule has 2 heterocycles. The Morgan fingerprint density at radius 3 is 2.47 bits per heavy atom. The number of anilines is 2. The van der Waals surface area contributed by atoms with Crippen LogP contribution < -0.4 is 10.2 Å². The Labute approximate surface area is 189 Å². The summed E-state index contributed by atoms with van der Waals surface area (Å²) in [5.41, 5.74) is 1.52. The Morgan fingerprint density at radius 2 is 1.81 bits per heavy atom. The lowest BCUT2D eigenvalue weighted by Crippen LogP contribution is -2.30. The standard InChI is InChI=1S/C24H18ClN3O4/c1-14(29)27-17-5-4-6-18(13-17)28-21(19-7-2-3-12-26-19)20(23(31)24(28)32)22(30)15-8-10-16(25)11-9-15/h2-13,21,30H,1H3,(H,27,29)/b22-20+. The van der Waals surface area contributed by atoms with E-state index >= 15 is 0 Å². The van der Waals surface area contributed by atoms with Crippen LogP contribution in [0.3, 0.4) is 0 Å². The Kier molecular flexibility index (Phi) is 5.75. The van der Waals surface area contributed by atoms with Crippen molar-refractivity contribution < 1.29 is 19.5 Å². The van der Waals surface area contributed by atoms with E-state index in [1.165, 1.54) is 11.8 Å². The first-order valence-electron chi connectivity index (χ1n) is 9.72. The van der Waals surface area contributed by atoms with Gasteiger partial charge in [-0.05, 0) is 54.6 Å². The summed E-state index contributed by atoms with van der Waals surface area (Å²) in [5.74, 6) is -2.24. The minimum absolute atomic E-state index is 0.0825. The minimum atomic E-state index is -0.959. The molecule has 1 saturated heterocycles. The lowest BCUT2D eigenvalue weighted by molar-refractivity contribution is -0.132. The average Bonchev–Trinajstić information content (AvgIpc) is 3.05. The van der Waals surface area contributed by atoms with E-state index in [0.717, 1.165) is 0 Å². The van der Waals surface area contributed by atoms with E-state index in [4.69, 9.17) is 11.6 Å². The molecule has 0 aliphatic carbocycles. The molecule has 1 aliphatic rings. The first-order chi connectivity index (χ1) is 15.4. The van der Waals surface area contributed by atoms with Gasteiger partial charge in [0, 0.05) is 35.1 Å². The molecule has 2 aromatic carbocycles. The monoisotopic (exact) mass is 447 g/mol. The first-order valence-corrected chi connectivity index (χ1v) is 10.1. The van der Waals surface area contributed by atoms with Crippen molar-refractivity contribution in [1.82, 2.24) is 4.98 Å². The van der Waals surface area contributed by atoms with Crippen LogP contribution in [-0.4, -0.2) is 27.7 Å². The fourth-order valence-electron chi connectivity index (χ4n) is 3.62. The number of halogens is 1. The third-order valence-electron chi connectivity index (χ3n) is 4.97. The van der Waals surface area contributed by atoms with Crippen LogP contribution in [0.1, 0.15) is 24.2 Å². The molecular formula is C24H18ClN3O4. The number of nitrogens with zero attached hydrogens (tertiary/aromatic N) is 2. The second-order valence-electron chi connectivity index (χ2n) is 7.16. The maximum atomic E-state index is 13.1. The van der Waals surface area contributed by atoms with E-state index in [2.05, 4.69) is 10.3 Å². The van der Waals surface area contributed by atoms with Gasteiger partial charge in [-0.25, -0.2) is 0 Å². The number of pyridine rings is 1. The zero-order valence-corrected chi connectivity index (χ0v) is 17.7. The van der Waals surface area contributed by atoms with Crippen molar-refractivity contribution in [2.45, 2.75) is 13.0 Å². The van der Waals surface area contributed by atoms with Gasteiger partial charge in [-0.3, -0.25) is 24.3 Å². The van der Waals surface area contributed by atoms with Gasteiger partial charge in [0.25, 0.3) is 11.7 Å². The highest BCUT2D eigenvalue weighted by Gasteiger charge is 2.47. The van der Waals surface area contributed by atoms with Crippen molar-refractivity contribution >= 4 is 46.3 Å². The van der Waals surface area contributed by atoms with Crippen LogP contribution in [0.15, 0.2) is 78.5 Å². The molecule has 7 nitrogen and oxygen atoms in total. The molecule has 2 amide bonds. The summed E-state index contributed by atoms with van der Waals surface area (Å²) in [6.45, 7) is 1.37. The van der Waals surface area contributed by atoms with Gasteiger partial charge in [0.15, 0.2) is 0 Å².